The molecular weight excluding hydrogens is 429 g/mol. The van der Waals surface area contributed by atoms with Crippen LogP contribution in [0.25, 0.3) is 0 Å². The molecule has 3 rings (SSSR count). The molecule has 0 aliphatic carbocycles. The zero-order valence-corrected chi connectivity index (χ0v) is 17.8. The van der Waals surface area contributed by atoms with E-state index in [-0.39, 0.29) is 37.7 Å². The van der Waals surface area contributed by atoms with Gasteiger partial charge in [-0.05, 0) is 41.8 Å². The lowest BCUT2D eigenvalue weighted by molar-refractivity contribution is -0.128. The van der Waals surface area contributed by atoms with E-state index in [9.17, 15) is 14.4 Å². The van der Waals surface area contributed by atoms with E-state index in [4.69, 9.17) is 27.9 Å². The monoisotopic (exact) mass is 449 g/mol. The third-order valence-corrected chi connectivity index (χ3v) is 5.34. The molecule has 0 spiro atoms. The van der Waals surface area contributed by atoms with E-state index >= 15 is 0 Å². The van der Waals surface area contributed by atoms with Crippen LogP contribution in [0.2, 0.25) is 10.0 Å². The molecule has 4 amide bonds. The number of hydrogen-bond acceptors (Lipinski definition) is 4. The molecule has 1 aliphatic heterocycles. The van der Waals surface area contributed by atoms with Crippen LogP contribution in [-0.2, 0) is 22.7 Å². The average Bonchev–Trinajstić information content (AvgIpc) is 2.99. The topological polar surface area (TPSA) is 87.7 Å². The molecule has 30 heavy (non-hydrogen) atoms. The largest absolute Gasteiger partial charge is 0.497 e. The molecule has 2 N–H and O–H groups in total. The quantitative estimate of drug-likeness (QED) is 0.603. The molecule has 7 nitrogen and oxygen atoms in total. The minimum absolute atomic E-state index is 0.0955. The van der Waals surface area contributed by atoms with Gasteiger partial charge >= 0.3 is 6.03 Å². The summed E-state index contributed by atoms with van der Waals surface area (Å²) in [5.41, 5.74) is 1.54. The number of amides is 4. The van der Waals surface area contributed by atoms with E-state index in [1.165, 1.54) is 0 Å². The van der Waals surface area contributed by atoms with E-state index in [1.54, 1.807) is 49.6 Å². The number of carbonyl (C=O) groups is 3. The van der Waals surface area contributed by atoms with E-state index in [0.717, 1.165) is 16.0 Å². The Morgan fingerprint density at radius 3 is 2.57 bits per heavy atom. The summed E-state index contributed by atoms with van der Waals surface area (Å²) in [4.78, 5) is 38.0. The van der Waals surface area contributed by atoms with Crippen LogP contribution >= 0.6 is 23.2 Å². The summed E-state index contributed by atoms with van der Waals surface area (Å²) in [6, 6.07) is 11.0. The zero-order chi connectivity index (χ0) is 21.7. The summed E-state index contributed by atoms with van der Waals surface area (Å²) < 4.78 is 5.10. The minimum Gasteiger partial charge on any atom is -0.497 e. The Kier molecular flexibility index (Phi) is 7.18. The van der Waals surface area contributed by atoms with Crippen molar-refractivity contribution in [2.45, 2.75) is 32.0 Å². The van der Waals surface area contributed by atoms with Gasteiger partial charge in [0, 0.05) is 23.0 Å². The zero-order valence-electron chi connectivity index (χ0n) is 16.3. The number of ether oxygens (including phenoxy) is 1. The number of halogens is 2. The normalized spacial score (nSPS) is 15.8. The van der Waals surface area contributed by atoms with Gasteiger partial charge in [0.25, 0.3) is 5.91 Å². The number of rotatable bonds is 8. The Morgan fingerprint density at radius 2 is 1.90 bits per heavy atom. The molecule has 2 aromatic rings. The number of benzene rings is 2. The second-order valence-electron chi connectivity index (χ2n) is 6.83. The first-order valence-electron chi connectivity index (χ1n) is 9.33. The van der Waals surface area contributed by atoms with E-state index in [1.807, 2.05) is 0 Å². The third-order valence-electron chi connectivity index (χ3n) is 4.76. The predicted molar refractivity (Wildman–Crippen MR) is 113 cm³/mol. The van der Waals surface area contributed by atoms with Gasteiger partial charge in [-0.1, -0.05) is 41.4 Å². The molecular formula is C21H21Cl2N3O4. The summed E-state index contributed by atoms with van der Waals surface area (Å²) in [5, 5.41) is 6.38. The fraction of sp³-hybridized carbons (Fsp3) is 0.286. The van der Waals surface area contributed by atoms with Crippen LogP contribution in [0.4, 0.5) is 4.79 Å². The molecule has 1 atom stereocenters. The predicted octanol–water partition coefficient (Wildman–Crippen LogP) is 3.52. The first-order chi connectivity index (χ1) is 14.4. The summed E-state index contributed by atoms with van der Waals surface area (Å²) in [6.45, 7) is 0.413. The van der Waals surface area contributed by atoms with E-state index < -0.39 is 12.1 Å². The third kappa shape index (κ3) is 5.43. The van der Waals surface area contributed by atoms with Crippen molar-refractivity contribution in [1.82, 2.24) is 15.5 Å². The first kappa shape index (κ1) is 21.9. The number of urea groups is 1. The summed E-state index contributed by atoms with van der Waals surface area (Å²) in [7, 11) is 1.57. The highest BCUT2D eigenvalue weighted by Gasteiger charge is 2.37. The smallest absolute Gasteiger partial charge is 0.325 e. The molecule has 158 valence electrons. The van der Waals surface area contributed by atoms with Crippen molar-refractivity contribution in [3.05, 3.63) is 63.6 Å². The van der Waals surface area contributed by atoms with Gasteiger partial charge in [0.2, 0.25) is 5.91 Å². The van der Waals surface area contributed by atoms with Crippen LogP contribution in [0, 0.1) is 0 Å². The van der Waals surface area contributed by atoms with Crippen molar-refractivity contribution in [2.75, 3.05) is 7.11 Å². The van der Waals surface area contributed by atoms with Crippen LogP contribution in [0.1, 0.15) is 24.0 Å². The Bertz CT molecular complexity index is 950. The molecule has 2 aromatic carbocycles. The molecule has 1 saturated heterocycles. The van der Waals surface area contributed by atoms with Gasteiger partial charge in [0.15, 0.2) is 0 Å². The van der Waals surface area contributed by atoms with Crippen molar-refractivity contribution >= 4 is 41.0 Å². The maximum absolute atomic E-state index is 12.6. The van der Waals surface area contributed by atoms with Crippen molar-refractivity contribution < 1.29 is 19.1 Å². The van der Waals surface area contributed by atoms with E-state index in [0.29, 0.717) is 15.8 Å². The van der Waals surface area contributed by atoms with Gasteiger partial charge in [0.05, 0.1) is 13.7 Å². The lowest BCUT2D eigenvalue weighted by atomic mass is 10.1. The molecule has 0 bridgehead atoms. The lowest BCUT2D eigenvalue weighted by Crippen LogP contribution is -2.32. The maximum atomic E-state index is 12.6. The maximum Gasteiger partial charge on any atom is 0.325 e. The Hall–Kier alpha value is -2.77. The highest BCUT2D eigenvalue weighted by atomic mass is 35.5. The molecule has 1 fully saturated rings. The molecule has 1 unspecified atom stereocenters. The van der Waals surface area contributed by atoms with Gasteiger partial charge in [-0.3, -0.25) is 14.5 Å². The first-order valence-corrected chi connectivity index (χ1v) is 10.1. The molecule has 0 aromatic heterocycles. The Morgan fingerprint density at radius 1 is 1.17 bits per heavy atom. The van der Waals surface area contributed by atoms with Gasteiger partial charge in [0.1, 0.15) is 11.8 Å². The van der Waals surface area contributed by atoms with Crippen molar-refractivity contribution in [1.29, 1.82) is 0 Å². The minimum atomic E-state index is -0.722. The van der Waals surface area contributed by atoms with E-state index in [2.05, 4.69) is 10.6 Å². The van der Waals surface area contributed by atoms with Gasteiger partial charge < -0.3 is 15.4 Å². The molecule has 9 heteroatoms. The number of hydrogen-bond donors (Lipinski definition) is 2. The number of methoxy groups -OCH3 is 1. The van der Waals surface area contributed by atoms with Crippen molar-refractivity contribution in [3.63, 3.8) is 0 Å². The van der Waals surface area contributed by atoms with Crippen molar-refractivity contribution in [3.8, 4) is 5.75 Å². The van der Waals surface area contributed by atoms with Crippen LogP contribution in [0.15, 0.2) is 42.5 Å². The fourth-order valence-corrected chi connectivity index (χ4v) is 3.53. The SMILES string of the molecule is COc1ccc(CN2C(=O)NC(CCC(=O)NCc3ccc(Cl)cc3Cl)C2=O)cc1. The highest BCUT2D eigenvalue weighted by molar-refractivity contribution is 6.35. The second kappa shape index (κ2) is 9.82. The number of carbonyl (C=O) groups excluding carboxylic acids is 3. The summed E-state index contributed by atoms with van der Waals surface area (Å²) in [6.07, 6.45) is 0.308. The highest BCUT2D eigenvalue weighted by Crippen LogP contribution is 2.21. The number of nitrogens with one attached hydrogen (secondary N) is 2. The fourth-order valence-electron chi connectivity index (χ4n) is 3.06. The number of imide groups is 1. The van der Waals surface area contributed by atoms with Crippen LogP contribution < -0.4 is 15.4 Å². The van der Waals surface area contributed by atoms with Crippen LogP contribution in [0.5, 0.6) is 5.75 Å². The second-order valence-corrected chi connectivity index (χ2v) is 7.67. The van der Waals surface area contributed by atoms with Crippen LogP contribution in [0.3, 0.4) is 0 Å². The van der Waals surface area contributed by atoms with Gasteiger partial charge in [-0.25, -0.2) is 4.79 Å². The average molecular weight is 450 g/mol. The molecule has 1 aliphatic rings. The number of nitrogens with zero attached hydrogens (tertiary/aromatic N) is 1. The van der Waals surface area contributed by atoms with Gasteiger partial charge in [-0.2, -0.15) is 0 Å². The molecule has 1 heterocycles. The molecule has 0 saturated carbocycles. The Labute approximate surface area is 184 Å². The Balaban J connectivity index is 1.48. The van der Waals surface area contributed by atoms with Crippen LogP contribution in [-0.4, -0.2) is 35.9 Å². The standard InChI is InChI=1S/C21H21Cl2N3O4/c1-30-16-6-2-13(3-7-16)12-26-20(28)18(25-21(26)29)8-9-19(27)24-11-14-4-5-15(22)10-17(14)23/h2-7,10,18H,8-9,11-12H2,1H3,(H,24,27)(H,25,29). The van der Waals surface area contributed by atoms with Gasteiger partial charge in [-0.15, -0.1) is 0 Å². The molecule has 0 radical (unpaired) electrons. The summed E-state index contributed by atoms with van der Waals surface area (Å²) >= 11 is 11.9. The summed E-state index contributed by atoms with van der Waals surface area (Å²) in [5.74, 6) is 0.112. The lowest BCUT2D eigenvalue weighted by Gasteiger charge is -2.13. The van der Waals surface area contributed by atoms with Crippen molar-refractivity contribution in [2.24, 2.45) is 0 Å².